The zero-order valence-electron chi connectivity index (χ0n) is 21.3. The van der Waals surface area contributed by atoms with Gasteiger partial charge in [0.1, 0.15) is 17.7 Å². The lowest BCUT2D eigenvalue weighted by Crippen LogP contribution is -2.37. The summed E-state index contributed by atoms with van der Waals surface area (Å²) in [4.78, 5) is 28.4. The number of amides is 1. The molecule has 7 heteroatoms. The molecule has 1 N–H and O–H groups in total. The molecule has 0 saturated heterocycles. The van der Waals surface area contributed by atoms with Crippen LogP contribution >= 0.6 is 0 Å². The lowest BCUT2D eigenvalue weighted by Gasteiger charge is -2.21. The molecular weight excluding hydrogens is 442 g/mol. The van der Waals surface area contributed by atoms with Crippen molar-refractivity contribution in [2.24, 2.45) is 0 Å². The fourth-order valence-corrected chi connectivity index (χ4v) is 4.28. The minimum Gasteiger partial charge on any atom is -0.490 e. The van der Waals surface area contributed by atoms with Crippen molar-refractivity contribution < 1.29 is 19.4 Å². The van der Waals surface area contributed by atoms with Gasteiger partial charge in [0, 0.05) is 19.9 Å². The SMILES string of the molecule is CCCCc1nc2cc(Cc3ccc(OC(CCC)CC(=O)O)cc3)ccc2n1N(C)C(=O)CC. The molecule has 0 radical (unpaired) electrons. The number of imidazole rings is 1. The summed E-state index contributed by atoms with van der Waals surface area (Å²) < 4.78 is 7.86. The Bertz CT molecular complexity index is 1140. The van der Waals surface area contributed by atoms with Gasteiger partial charge >= 0.3 is 5.97 Å². The number of aromatic nitrogens is 2. The van der Waals surface area contributed by atoms with Gasteiger partial charge in [-0.15, -0.1) is 0 Å². The number of carbonyl (C=O) groups is 2. The number of aryl methyl sites for hydroxylation is 1. The average molecular weight is 480 g/mol. The monoisotopic (exact) mass is 479 g/mol. The third kappa shape index (κ3) is 6.84. The van der Waals surface area contributed by atoms with Crippen LogP contribution in [-0.4, -0.2) is 39.8 Å². The number of hydrogen-bond donors (Lipinski definition) is 1. The second-order valence-electron chi connectivity index (χ2n) is 8.98. The van der Waals surface area contributed by atoms with Crippen LogP contribution in [0.15, 0.2) is 42.5 Å². The standard InChI is InChI=1S/C28H37N3O4/c1-5-8-10-26-29-24-18-21(13-16-25(24)31(26)30(4)27(32)7-3)17-20-11-14-22(15-12-20)35-23(9-6-2)19-28(33)34/h11-16,18,23H,5-10,17,19H2,1-4H3,(H,33,34). The number of carboxylic acids is 1. The molecule has 1 unspecified atom stereocenters. The Balaban J connectivity index is 1.79. The maximum absolute atomic E-state index is 12.4. The van der Waals surface area contributed by atoms with Crippen LogP contribution in [0, 0.1) is 0 Å². The van der Waals surface area contributed by atoms with Gasteiger partial charge in [0.05, 0.1) is 17.5 Å². The smallest absolute Gasteiger partial charge is 0.307 e. The van der Waals surface area contributed by atoms with Crippen LogP contribution in [0.25, 0.3) is 11.0 Å². The van der Waals surface area contributed by atoms with E-state index in [2.05, 4.69) is 19.1 Å². The van der Waals surface area contributed by atoms with Crippen LogP contribution in [0.5, 0.6) is 5.75 Å². The number of carbonyl (C=O) groups excluding carboxylic acids is 1. The van der Waals surface area contributed by atoms with Crippen LogP contribution in [0.2, 0.25) is 0 Å². The van der Waals surface area contributed by atoms with E-state index in [9.17, 15) is 9.59 Å². The Morgan fingerprint density at radius 1 is 1.06 bits per heavy atom. The lowest BCUT2D eigenvalue weighted by atomic mass is 10.0. The van der Waals surface area contributed by atoms with Crippen molar-refractivity contribution in [3.05, 3.63) is 59.4 Å². The van der Waals surface area contributed by atoms with Gasteiger partial charge in [0.25, 0.3) is 0 Å². The number of nitrogens with zero attached hydrogens (tertiary/aromatic N) is 3. The highest BCUT2D eigenvalue weighted by atomic mass is 16.5. The lowest BCUT2D eigenvalue weighted by molar-refractivity contribution is -0.138. The van der Waals surface area contributed by atoms with E-state index in [1.807, 2.05) is 55.9 Å². The van der Waals surface area contributed by atoms with Crippen molar-refractivity contribution >= 4 is 22.9 Å². The number of rotatable bonds is 13. The molecule has 1 heterocycles. The zero-order chi connectivity index (χ0) is 25.4. The van der Waals surface area contributed by atoms with Crippen molar-refractivity contribution in [3.63, 3.8) is 0 Å². The summed E-state index contributed by atoms with van der Waals surface area (Å²) in [5, 5.41) is 10.8. The Kier molecular flexibility index (Phi) is 9.29. The summed E-state index contributed by atoms with van der Waals surface area (Å²) in [5.74, 6) is 0.804. The first kappa shape index (κ1) is 26.3. The van der Waals surface area contributed by atoms with Gasteiger partial charge in [0.2, 0.25) is 5.91 Å². The average Bonchev–Trinajstić information content (AvgIpc) is 3.20. The van der Waals surface area contributed by atoms with Gasteiger partial charge in [-0.25, -0.2) is 9.66 Å². The fourth-order valence-electron chi connectivity index (χ4n) is 4.28. The van der Waals surface area contributed by atoms with Gasteiger partial charge in [-0.2, -0.15) is 0 Å². The van der Waals surface area contributed by atoms with Gasteiger partial charge in [-0.3, -0.25) is 14.6 Å². The van der Waals surface area contributed by atoms with Crippen molar-refractivity contribution in [2.45, 2.75) is 78.2 Å². The van der Waals surface area contributed by atoms with E-state index in [0.29, 0.717) is 18.6 Å². The first-order chi connectivity index (χ1) is 16.9. The molecule has 0 saturated carbocycles. The molecule has 0 aliphatic carbocycles. The van der Waals surface area contributed by atoms with Crippen LogP contribution < -0.4 is 9.75 Å². The number of fused-ring (bicyclic) bond motifs is 1. The van der Waals surface area contributed by atoms with Crippen molar-refractivity contribution in [1.29, 1.82) is 0 Å². The molecular formula is C28H37N3O4. The highest BCUT2D eigenvalue weighted by molar-refractivity contribution is 5.88. The third-order valence-electron chi connectivity index (χ3n) is 6.13. The molecule has 35 heavy (non-hydrogen) atoms. The Morgan fingerprint density at radius 2 is 1.77 bits per heavy atom. The molecule has 7 nitrogen and oxygen atoms in total. The molecule has 0 aliphatic rings. The molecule has 0 bridgehead atoms. The zero-order valence-corrected chi connectivity index (χ0v) is 21.3. The van der Waals surface area contributed by atoms with Crippen molar-refractivity contribution in [1.82, 2.24) is 9.66 Å². The number of hydrogen-bond acceptors (Lipinski definition) is 4. The molecule has 2 aromatic carbocycles. The molecule has 0 aliphatic heterocycles. The second kappa shape index (κ2) is 12.4. The van der Waals surface area contributed by atoms with Crippen LogP contribution in [0.1, 0.15) is 76.2 Å². The van der Waals surface area contributed by atoms with Gasteiger partial charge in [-0.1, -0.05) is 51.8 Å². The largest absolute Gasteiger partial charge is 0.490 e. The minimum absolute atomic E-state index is 0.00153. The number of unbranched alkanes of at least 4 members (excludes halogenated alkanes) is 1. The number of benzene rings is 2. The molecule has 188 valence electrons. The topological polar surface area (TPSA) is 84.7 Å². The van der Waals surface area contributed by atoms with Gasteiger partial charge < -0.3 is 9.84 Å². The summed E-state index contributed by atoms with van der Waals surface area (Å²) >= 11 is 0. The fraction of sp³-hybridized carbons (Fsp3) is 0.464. The molecule has 0 spiro atoms. The summed E-state index contributed by atoms with van der Waals surface area (Å²) in [6.45, 7) is 6.04. The van der Waals surface area contributed by atoms with Crippen LogP contribution in [0.3, 0.4) is 0 Å². The first-order valence-electron chi connectivity index (χ1n) is 12.6. The molecule has 1 atom stereocenters. The van der Waals surface area contributed by atoms with E-state index < -0.39 is 5.97 Å². The molecule has 3 aromatic rings. The highest BCUT2D eigenvalue weighted by Crippen LogP contribution is 2.23. The summed E-state index contributed by atoms with van der Waals surface area (Å²) in [7, 11) is 1.81. The maximum atomic E-state index is 12.4. The maximum Gasteiger partial charge on any atom is 0.307 e. The van der Waals surface area contributed by atoms with E-state index >= 15 is 0 Å². The van der Waals surface area contributed by atoms with Gasteiger partial charge in [-0.05, 0) is 54.7 Å². The third-order valence-corrected chi connectivity index (χ3v) is 6.13. The second-order valence-corrected chi connectivity index (χ2v) is 8.98. The van der Waals surface area contributed by atoms with Crippen molar-refractivity contribution in [2.75, 3.05) is 12.1 Å². The summed E-state index contributed by atoms with van der Waals surface area (Å²) in [6.07, 6.45) is 5.35. The Morgan fingerprint density at radius 3 is 2.40 bits per heavy atom. The summed E-state index contributed by atoms with van der Waals surface area (Å²) in [5.41, 5.74) is 4.09. The van der Waals surface area contributed by atoms with Crippen LogP contribution in [-0.2, 0) is 22.4 Å². The van der Waals surface area contributed by atoms with E-state index in [0.717, 1.165) is 60.1 Å². The normalized spacial score (nSPS) is 12.0. The number of ether oxygens (including phenoxy) is 1. The molecule has 1 amide bonds. The summed E-state index contributed by atoms with van der Waals surface area (Å²) in [6, 6.07) is 14.1. The van der Waals surface area contributed by atoms with Gasteiger partial charge in [0.15, 0.2) is 0 Å². The highest BCUT2D eigenvalue weighted by Gasteiger charge is 2.18. The number of aliphatic carboxylic acids is 1. The molecule has 1 aromatic heterocycles. The van der Waals surface area contributed by atoms with E-state index in [1.165, 1.54) is 0 Å². The van der Waals surface area contributed by atoms with E-state index in [-0.39, 0.29) is 18.4 Å². The van der Waals surface area contributed by atoms with Crippen molar-refractivity contribution in [3.8, 4) is 5.75 Å². The number of carboxylic acid groups (broad SMARTS) is 1. The quantitative estimate of drug-likeness (QED) is 0.350. The Labute approximate surface area is 207 Å². The molecule has 0 fully saturated rings. The van der Waals surface area contributed by atoms with E-state index in [4.69, 9.17) is 14.8 Å². The molecule has 3 rings (SSSR count). The van der Waals surface area contributed by atoms with Crippen LogP contribution in [0.4, 0.5) is 0 Å². The predicted octanol–water partition coefficient (Wildman–Crippen LogP) is 5.50. The van der Waals surface area contributed by atoms with E-state index in [1.54, 1.807) is 5.01 Å². The first-order valence-corrected chi connectivity index (χ1v) is 12.6. The minimum atomic E-state index is -0.846. The predicted molar refractivity (Wildman–Crippen MR) is 139 cm³/mol. The Hall–Kier alpha value is -3.35.